The van der Waals surface area contributed by atoms with E-state index >= 15 is 0 Å². The number of aromatic hydroxyl groups is 2. The zero-order chi connectivity index (χ0) is 39.5. The van der Waals surface area contributed by atoms with E-state index < -0.39 is 51.4 Å². The maximum atomic E-state index is 11.5. The van der Waals surface area contributed by atoms with Gasteiger partial charge in [0.1, 0.15) is 43.1 Å². The van der Waals surface area contributed by atoms with Crippen molar-refractivity contribution in [2.24, 2.45) is 20.5 Å². The van der Waals surface area contributed by atoms with Crippen LogP contribution in [0.25, 0.3) is 21.5 Å². The molecule has 0 atom stereocenters. The molecule has 0 aliphatic carbocycles. The first-order valence-corrected chi connectivity index (χ1v) is 17.9. The number of azo groups is 2. The van der Waals surface area contributed by atoms with Gasteiger partial charge in [0.15, 0.2) is 11.4 Å². The van der Waals surface area contributed by atoms with Crippen LogP contribution in [-0.2, 0) is 20.2 Å². The van der Waals surface area contributed by atoms with Crippen LogP contribution in [0.1, 0.15) is 11.1 Å². The Morgan fingerprint density at radius 3 is 1.13 bits per heavy atom. The molecule has 0 aliphatic heterocycles. The van der Waals surface area contributed by atoms with Gasteiger partial charge >= 0.3 is 48.9 Å². The number of hydrogen-bond donors (Lipinski definition) is 2. The summed E-state index contributed by atoms with van der Waals surface area (Å²) in [7, 11) is -9.66. The molecule has 0 aliphatic rings. The molecule has 0 unspecified atom stereocenters. The summed E-state index contributed by atoms with van der Waals surface area (Å²) in [6.07, 6.45) is 0. The molecular weight excluding hydrogens is 886 g/mol. The molecule has 6 aromatic rings. The minimum absolute atomic E-state index is 0. The fourth-order valence-electron chi connectivity index (χ4n) is 5.29. The van der Waals surface area contributed by atoms with Gasteiger partial charge in [-0.1, -0.05) is 72.8 Å². The Bertz CT molecular complexity index is 2610. The Balaban J connectivity index is 0.000000240. The van der Waals surface area contributed by atoms with Gasteiger partial charge in [0, 0.05) is 45.8 Å². The molecule has 0 spiro atoms. The van der Waals surface area contributed by atoms with Crippen molar-refractivity contribution in [1.29, 1.82) is 0 Å². The van der Waals surface area contributed by atoms with Crippen molar-refractivity contribution >= 4 is 125 Å². The Kier molecular flexibility index (Phi) is 13.2. The van der Waals surface area contributed by atoms with Gasteiger partial charge in [-0.05, 0) is 25.0 Å². The molecule has 55 heavy (non-hydrogen) atoms. The second kappa shape index (κ2) is 17.1. The summed E-state index contributed by atoms with van der Waals surface area (Å²) in [6.45, 7) is 3.23. The van der Waals surface area contributed by atoms with Crippen LogP contribution >= 0.6 is 0 Å². The van der Waals surface area contributed by atoms with Crippen LogP contribution in [0, 0.1) is 34.1 Å². The van der Waals surface area contributed by atoms with Crippen LogP contribution in [0.3, 0.4) is 0 Å². The molecule has 276 valence electrons. The van der Waals surface area contributed by atoms with E-state index in [2.05, 4.69) is 20.5 Å². The number of aryl methyl sites for hydroxylation is 2. The van der Waals surface area contributed by atoms with Crippen molar-refractivity contribution in [3.05, 3.63) is 128 Å². The standard InChI is InChI=1S/2C17H13N3O6S.Ba/c2*1-10-5-4-8-13(20(22)23)16(10)18-19-17-12-7-3-2-6-11(12)15(9-14(17)21)27(24,25)26;/h2*2-9,21H,1H3,(H,24,25,26);/q;;+2/p-2. The van der Waals surface area contributed by atoms with Gasteiger partial charge in [-0.15, -0.1) is 20.5 Å². The van der Waals surface area contributed by atoms with Crippen LogP contribution in [0.5, 0.6) is 11.5 Å². The van der Waals surface area contributed by atoms with E-state index in [1.54, 1.807) is 38.1 Å². The SMILES string of the molecule is Cc1cccc([N+](=O)[O-])c1N=Nc1c(O)cc(S(=O)(=O)[O-])c2ccccc12.Cc1cccc([N+](=O)[O-])c1N=Nc1c(O)cc(S(=O)(=O)[O-])c2ccccc12.[Ba+2]. The Morgan fingerprint density at radius 1 is 0.509 bits per heavy atom. The third kappa shape index (κ3) is 9.38. The second-order valence-corrected chi connectivity index (χ2v) is 14.0. The van der Waals surface area contributed by atoms with E-state index in [1.165, 1.54) is 60.7 Å². The third-order valence-corrected chi connectivity index (χ3v) is 9.53. The molecule has 6 rings (SSSR count). The first-order chi connectivity index (χ1) is 25.4. The predicted molar refractivity (Wildman–Crippen MR) is 197 cm³/mol. The van der Waals surface area contributed by atoms with Crippen LogP contribution < -0.4 is 0 Å². The molecule has 0 aromatic heterocycles. The summed E-state index contributed by atoms with van der Waals surface area (Å²) < 4.78 is 68.7. The van der Waals surface area contributed by atoms with Crippen LogP contribution in [0.15, 0.2) is 127 Å². The fraction of sp³-hybridized carbons (Fsp3) is 0.0588. The Hall–Kier alpha value is -5.17. The first-order valence-electron chi connectivity index (χ1n) is 15.1. The molecule has 2 N–H and O–H groups in total. The number of nitrogens with zero attached hydrogens (tertiary/aromatic N) is 6. The van der Waals surface area contributed by atoms with E-state index in [0.29, 0.717) is 11.1 Å². The van der Waals surface area contributed by atoms with Gasteiger partial charge in [0.2, 0.25) is 0 Å². The minimum atomic E-state index is -4.83. The largest absolute Gasteiger partial charge is 2.00 e. The first kappa shape index (κ1) is 42.6. The molecule has 21 heteroatoms. The maximum Gasteiger partial charge on any atom is 2.00 e. The van der Waals surface area contributed by atoms with Crippen molar-refractivity contribution in [1.82, 2.24) is 0 Å². The minimum Gasteiger partial charge on any atom is -0.744 e. The van der Waals surface area contributed by atoms with Gasteiger partial charge in [0.25, 0.3) is 11.4 Å². The van der Waals surface area contributed by atoms with Crippen molar-refractivity contribution < 1.29 is 46.0 Å². The summed E-state index contributed by atoms with van der Waals surface area (Å²) in [5, 5.41) is 58.8. The zero-order valence-electron chi connectivity index (χ0n) is 28.4. The molecule has 0 saturated carbocycles. The summed E-state index contributed by atoms with van der Waals surface area (Å²) in [5.41, 5.74) is 0.276. The number of benzene rings is 6. The molecule has 0 amide bonds. The molecule has 0 bridgehead atoms. The number of nitro benzene ring substituents is 2. The molecule has 0 heterocycles. The Labute approximate surface area is 351 Å². The van der Waals surface area contributed by atoms with Crippen molar-refractivity contribution in [2.45, 2.75) is 23.6 Å². The van der Waals surface area contributed by atoms with Gasteiger partial charge in [-0.2, -0.15) is 0 Å². The van der Waals surface area contributed by atoms with Crippen LogP contribution in [-0.4, -0.2) is 94.9 Å². The van der Waals surface area contributed by atoms with E-state index in [9.17, 15) is 56.4 Å². The normalized spacial score (nSPS) is 11.7. The number of hydrogen-bond acceptors (Lipinski definition) is 16. The quantitative estimate of drug-likeness (QED) is 0.0486. The van der Waals surface area contributed by atoms with Crippen LogP contribution in [0.2, 0.25) is 0 Å². The molecule has 6 aromatic carbocycles. The average molecular weight is 910 g/mol. The van der Waals surface area contributed by atoms with E-state index in [4.69, 9.17) is 0 Å². The van der Waals surface area contributed by atoms with Gasteiger partial charge in [-0.25, -0.2) is 16.8 Å². The number of phenols is 2. The second-order valence-electron chi connectivity index (χ2n) is 11.3. The van der Waals surface area contributed by atoms with Gasteiger partial charge in [-0.3, -0.25) is 20.2 Å². The van der Waals surface area contributed by atoms with E-state index in [-0.39, 0.29) is 105 Å². The topological polar surface area (TPSA) is 291 Å². The van der Waals surface area contributed by atoms with Crippen molar-refractivity contribution in [2.75, 3.05) is 0 Å². The fourth-order valence-corrected chi connectivity index (χ4v) is 6.70. The summed E-state index contributed by atoms with van der Waals surface area (Å²) in [5.74, 6) is -1.16. The molecule has 0 fully saturated rings. The average Bonchev–Trinajstić information content (AvgIpc) is 3.10. The predicted octanol–water partition coefficient (Wildman–Crippen LogP) is 7.78. The Morgan fingerprint density at radius 2 is 0.818 bits per heavy atom. The maximum absolute atomic E-state index is 11.5. The molecule has 0 radical (unpaired) electrons. The summed E-state index contributed by atoms with van der Waals surface area (Å²) in [6, 6.07) is 22.3. The van der Waals surface area contributed by atoms with E-state index in [1.807, 2.05) is 0 Å². The van der Waals surface area contributed by atoms with Gasteiger partial charge in [0.05, 0.1) is 19.6 Å². The molecule has 0 saturated heterocycles. The number of fused-ring (bicyclic) bond motifs is 2. The van der Waals surface area contributed by atoms with Crippen molar-refractivity contribution in [3.63, 3.8) is 0 Å². The smallest absolute Gasteiger partial charge is 0.744 e. The number of nitro groups is 2. The number of phenolic OH excluding ortho intramolecular Hbond substituents is 2. The van der Waals surface area contributed by atoms with Crippen molar-refractivity contribution in [3.8, 4) is 11.5 Å². The van der Waals surface area contributed by atoms with Crippen LogP contribution in [0.4, 0.5) is 34.1 Å². The monoisotopic (exact) mass is 910 g/mol. The van der Waals surface area contributed by atoms with E-state index in [0.717, 1.165) is 12.1 Å². The molecule has 18 nitrogen and oxygen atoms in total. The zero-order valence-corrected chi connectivity index (χ0v) is 34.5. The third-order valence-electron chi connectivity index (χ3n) is 7.78. The van der Waals surface area contributed by atoms with Gasteiger partial charge < -0.3 is 19.3 Å². The molecular formula is C34H24BaN6O12S2. The summed E-state index contributed by atoms with van der Waals surface area (Å²) in [4.78, 5) is 20.0. The summed E-state index contributed by atoms with van der Waals surface area (Å²) >= 11 is 0. The number of rotatable bonds is 8.